The highest BCUT2D eigenvalue weighted by Gasteiger charge is 2.18. The van der Waals surface area contributed by atoms with Crippen molar-refractivity contribution in [2.45, 2.75) is 39.0 Å². The zero-order valence-electron chi connectivity index (χ0n) is 13.3. The van der Waals surface area contributed by atoms with Crippen molar-refractivity contribution in [2.24, 2.45) is 0 Å². The summed E-state index contributed by atoms with van der Waals surface area (Å²) < 4.78 is 5.29. The Labute approximate surface area is 134 Å². The number of carbonyl (C=O) groups is 1. The molecule has 1 saturated heterocycles. The van der Waals surface area contributed by atoms with Crippen LogP contribution in [0.4, 0.5) is 0 Å². The number of hydrogen-bond donors (Lipinski definition) is 1. The monoisotopic (exact) mass is 315 g/mol. The summed E-state index contributed by atoms with van der Waals surface area (Å²) in [6, 6.07) is 4.74. The molecule has 1 N–H and O–H groups in total. The minimum atomic E-state index is -0.424. The van der Waals surface area contributed by atoms with E-state index in [4.69, 9.17) is 4.42 Å². The molecule has 1 aliphatic heterocycles. The van der Waals surface area contributed by atoms with Crippen LogP contribution < -0.4 is 5.63 Å². The van der Waals surface area contributed by atoms with Crippen LogP contribution in [-0.2, 0) is 11.2 Å². The maximum atomic E-state index is 12.3. The molecule has 0 spiro atoms. The van der Waals surface area contributed by atoms with Gasteiger partial charge >= 0.3 is 5.63 Å². The number of benzene rings is 1. The van der Waals surface area contributed by atoms with Crippen LogP contribution >= 0.6 is 0 Å². The Kier molecular flexibility index (Phi) is 4.37. The van der Waals surface area contributed by atoms with Gasteiger partial charge in [-0.1, -0.05) is 0 Å². The highest BCUT2D eigenvalue weighted by molar-refractivity contribution is 5.82. The van der Waals surface area contributed by atoms with Gasteiger partial charge in [-0.25, -0.2) is 4.79 Å². The molecule has 0 aliphatic carbocycles. The molecule has 0 radical (unpaired) electrons. The zero-order valence-corrected chi connectivity index (χ0v) is 13.3. The van der Waals surface area contributed by atoms with E-state index in [1.165, 1.54) is 12.5 Å². The smallest absolute Gasteiger partial charge is 0.339 e. The van der Waals surface area contributed by atoms with Crippen molar-refractivity contribution in [3.63, 3.8) is 0 Å². The first-order valence-corrected chi connectivity index (χ1v) is 8.09. The summed E-state index contributed by atoms with van der Waals surface area (Å²) >= 11 is 0. The molecule has 2 aromatic rings. The molecule has 3 rings (SSSR count). The fourth-order valence-electron chi connectivity index (χ4n) is 3.21. The molecular weight excluding hydrogens is 294 g/mol. The van der Waals surface area contributed by atoms with E-state index in [1.807, 2.05) is 11.8 Å². The minimum absolute atomic E-state index is 0.0630. The van der Waals surface area contributed by atoms with E-state index in [0.29, 0.717) is 24.0 Å². The van der Waals surface area contributed by atoms with Gasteiger partial charge in [0, 0.05) is 36.5 Å². The average molecular weight is 315 g/mol. The fraction of sp³-hybridized carbons (Fsp3) is 0.444. The van der Waals surface area contributed by atoms with Crippen LogP contribution in [0.25, 0.3) is 11.0 Å². The Bertz CT molecular complexity index is 787. The lowest BCUT2D eigenvalue weighted by atomic mass is 10.0. The van der Waals surface area contributed by atoms with Crippen LogP contribution in [-0.4, -0.2) is 29.0 Å². The lowest BCUT2D eigenvalue weighted by Crippen LogP contribution is -2.35. The number of amides is 1. The first-order valence-electron chi connectivity index (χ1n) is 8.09. The molecule has 23 heavy (non-hydrogen) atoms. The van der Waals surface area contributed by atoms with Crippen LogP contribution in [0, 0.1) is 6.92 Å². The molecule has 0 atom stereocenters. The molecule has 5 heteroatoms. The van der Waals surface area contributed by atoms with Gasteiger partial charge in [-0.2, -0.15) is 0 Å². The van der Waals surface area contributed by atoms with E-state index in [9.17, 15) is 14.7 Å². The molecule has 5 nitrogen and oxygen atoms in total. The highest BCUT2D eigenvalue weighted by atomic mass is 16.4. The number of phenolic OH excluding ortho intramolecular Hbond substituents is 1. The van der Waals surface area contributed by atoms with E-state index < -0.39 is 5.63 Å². The summed E-state index contributed by atoms with van der Waals surface area (Å²) in [6.45, 7) is 3.50. The molecule has 1 aliphatic rings. The summed E-state index contributed by atoms with van der Waals surface area (Å²) in [6.07, 6.45) is 4.03. The first kappa shape index (κ1) is 15.6. The number of phenols is 1. The first-order chi connectivity index (χ1) is 11.1. The summed E-state index contributed by atoms with van der Waals surface area (Å²) in [7, 11) is 0. The van der Waals surface area contributed by atoms with Gasteiger partial charge < -0.3 is 14.4 Å². The summed E-state index contributed by atoms with van der Waals surface area (Å²) in [5, 5.41) is 10.3. The second kappa shape index (κ2) is 6.44. The third kappa shape index (κ3) is 3.23. The Morgan fingerprint density at radius 3 is 2.74 bits per heavy atom. The van der Waals surface area contributed by atoms with Gasteiger partial charge in [0.15, 0.2) is 0 Å². The minimum Gasteiger partial charge on any atom is -0.508 e. The second-order valence-electron chi connectivity index (χ2n) is 6.11. The Morgan fingerprint density at radius 2 is 2.00 bits per heavy atom. The topological polar surface area (TPSA) is 70.8 Å². The highest BCUT2D eigenvalue weighted by Crippen LogP contribution is 2.24. The Hall–Kier alpha value is -2.30. The van der Waals surface area contributed by atoms with Crippen molar-refractivity contribution >= 4 is 16.9 Å². The number of likely N-dealkylation sites (tertiary alicyclic amines) is 1. The van der Waals surface area contributed by atoms with Crippen molar-refractivity contribution in [1.29, 1.82) is 0 Å². The van der Waals surface area contributed by atoms with Crippen LogP contribution in [0.5, 0.6) is 5.75 Å². The van der Waals surface area contributed by atoms with Crippen LogP contribution in [0.2, 0.25) is 0 Å². The van der Waals surface area contributed by atoms with E-state index in [2.05, 4.69) is 0 Å². The Morgan fingerprint density at radius 1 is 1.26 bits per heavy atom. The average Bonchev–Trinajstić information content (AvgIpc) is 2.55. The lowest BCUT2D eigenvalue weighted by molar-refractivity contribution is -0.132. The quantitative estimate of drug-likeness (QED) is 0.884. The van der Waals surface area contributed by atoms with E-state index >= 15 is 0 Å². The van der Waals surface area contributed by atoms with E-state index in [1.54, 1.807) is 12.1 Å². The lowest BCUT2D eigenvalue weighted by Gasteiger charge is -2.26. The summed E-state index contributed by atoms with van der Waals surface area (Å²) in [5.41, 5.74) is 1.32. The molecule has 1 amide bonds. The zero-order chi connectivity index (χ0) is 16.4. The van der Waals surface area contributed by atoms with Gasteiger partial charge in [-0.05, 0) is 50.3 Å². The standard InChI is InChI=1S/C18H21NO4/c1-12-14-6-5-13(20)11-16(14)23-18(22)15(12)7-8-17(21)19-9-3-2-4-10-19/h5-6,11,20H,2-4,7-10H2,1H3. The number of aryl methyl sites for hydroxylation is 1. The number of nitrogens with zero attached hydrogens (tertiary/aromatic N) is 1. The molecule has 0 saturated carbocycles. The van der Waals surface area contributed by atoms with Crippen molar-refractivity contribution in [3.8, 4) is 5.75 Å². The molecule has 2 heterocycles. The van der Waals surface area contributed by atoms with E-state index in [-0.39, 0.29) is 11.7 Å². The normalized spacial score (nSPS) is 15.1. The third-order valence-corrected chi connectivity index (χ3v) is 4.57. The summed E-state index contributed by atoms with van der Waals surface area (Å²) in [4.78, 5) is 26.3. The number of carbonyl (C=O) groups excluding carboxylic acids is 1. The van der Waals surface area contributed by atoms with Gasteiger partial charge in [0.1, 0.15) is 11.3 Å². The fourth-order valence-corrected chi connectivity index (χ4v) is 3.21. The second-order valence-corrected chi connectivity index (χ2v) is 6.11. The predicted octanol–water partition coefficient (Wildman–Crippen LogP) is 2.75. The van der Waals surface area contributed by atoms with Crippen molar-refractivity contribution in [1.82, 2.24) is 4.90 Å². The van der Waals surface area contributed by atoms with Crippen molar-refractivity contribution in [2.75, 3.05) is 13.1 Å². The molecule has 0 bridgehead atoms. The Balaban J connectivity index is 1.81. The van der Waals surface area contributed by atoms with Gasteiger partial charge in [-0.15, -0.1) is 0 Å². The van der Waals surface area contributed by atoms with Crippen molar-refractivity contribution < 1.29 is 14.3 Å². The van der Waals surface area contributed by atoms with Gasteiger partial charge in [0.05, 0.1) is 0 Å². The number of aromatic hydroxyl groups is 1. The molecule has 1 aromatic heterocycles. The molecular formula is C18H21NO4. The van der Waals surface area contributed by atoms with Crippen LogP contribution in [0.15, 0.2) is 27.4 Å². The molecule has 1 fully saturated rings. The number of hydrogen-bond acceptors (Lipinski definition) is 4. The molecule has 122 valence electrons. The SMILES string of the molecule is Cc1c(CCC(=O)N2CCCCC2)c(=O)oc2cc(O)ccc12. The molecule has 1 aromatic carbocycles. The van der Waals surface area contributed by atoms with E-state index in [0.717, 1.165) is 36.9 Å². The number of rotatable bonds is 3. The summed E-state index contributed by atoms with van der Waals surface area (Å²) in [5.74, 6) is 0.169. The largest absolute Gasteiger partial charge is 0.508 e. The maximum absolute atomic E-state index is 12.3. The maximum Gasteiger partial charge on any atom is 0.339 e. The molecule has 0 unspecified atom stereocenters. The third-order valence-electron chi connectivity index (χ3n) is 4.57. The van der Waals surface area contributed by atoms with Gasteiger partial charge in [0.25, 0.3) is 0 Å². The number of fused-ring (bicyclic) bond motifs is 1. The predicted molar refractivity (Wildman–Crippen MR) is 87.6 cm³/mol. The van der Waals surface area contributed by atoms with Crippen molar-refractivity contribution in [3.05, 3.63) is 39.7 Å². The number of piperidine rings is 1. The van der Waals surface area contributed by atoms with Crippen LogP contribution in [0.1, 0.15) is 36.8 Å². The van der Waals surface area contributed by atoms with Gasteiger partial charge in [0.2, 0.25) is 5.91 Å². The van der Waals surface area contributed by atoms with Crippen LogP contribution in [0.3, 0.4) is 0 Å². The van der Waals surface area contributed by atoms with Gasteiger partial charge in [-0.3, -0.25) is 4.79 Å².